The Morgan fingerprint density at radius 3 is 2.54 bits per heavy atom. The number of carbonyl (C=O) groups excluding carboxylic acids is 1. The average molecular weight is 387 g/mol. The topological polar surface area (TPSA) is 38.8 Å². The smallest absolute Gasteiger partial charge is 0.317 e. The van der Waals surface area contributed by atoms with Gasteiger partial charge in [-0.1, -0.05) is 36.8 Å². The van der Waals surface area contributed by atoms with E-state index in [4.69, 9.17) is 0 Å². The van der Waals surface area contributed by atoms with Crippen LogP contribution in [0, 0.1) is 0 Å². The lowest BCUT2D eigenvalue weighted by Gasteiger charge is -2.36. The fraction of sp³-hybridized carbons (Fsp3) is 0.696. The van der Waals surface area contributed by atoms with Crippen molar-refractivity contribution in [1.82, 2.24) is 20.0 Å². The molecule has 1 aromatic carbocycles. The summed E-state index contributed by atoms with van der Waals surface area (Å²) in [7, 11) is 0. The molecule has 0 aromatic heterocycles. The van der Waals surface area contributed by atoms with Gasteiger partial charge in [0.05, 0.1) is 0 Å². The average Bonchev–Trinajstić information content (AvgIpc) is 2.94. The number of benzene rings is 1. The van der Waals surface area contributed by atoms with Crippen LogP contribution in [0.4, 0.5) is 4.79 Å². The van der Waals surface area contributed by atoms with Crippen LogP contribution < -0.4 is 5.32 Å². The Morgan fingerprint density at radius 1 is 1.00 bits per heavy atom. The number of rotatable bonds is 4. The summed E-state index contributed by atoms with van der Waals surface area (Å²) < 4.78 is 0. The fourth-order valence-electron chi connectivity index (χ4n) is 4.43. The highest BCUT2D eigenvalue weighted by Gasteiger charge is 2.27. The van der Waals surface area contributed by atoms with Crippen LogP contribution in [-0.2, 0) is 6.54 Å². The third kappa shape index (κ3) is 5.95. The Bertz CT molecular complexity index is 613. The number of hydrogen-bond donors (Lipinski definition) is 1. The molecule has 2 aliphatic heterocycles. The van der Waals surface area contributed by atoms with E-state index in [1.54, 1.807) is 0 Å². The van der Waals surface area contributed by atoms with Crippen LogP contribution in [0.1, 0.15) is 52.0 Å². The van der Waals surface area contributed by atoms with Gasteiger partial charge in [0.15, 0.2) is 0 Å². The normalized spacial score (nSPS) is 22.7. The van der Waals surface area contributed by atoms with Crippen molar-refractivity contribution >= 4 is 6.03 Å². The molecule has 2 amide bonds. The molecule has 0 radical (unpaired) electrons. The van der Waals surface area contributed by atoms with Crippen molar-refractivity contribution in [1.29, 1.82) is 0 Å². The Hall–Kier alpha value is -1.59. The maximum atomic E-state index is 12.8. The summed E-state index contributed by atoms with van der Waals surface area (Å²) in [6.07, 6.45) is 4.74. The van der Waals surface area contributed by atoms with Crippen molar-refractivity contribution in [2.45, 2.75) is 64.6 Å². The van der Waals surface area contributed by atoms with E-state index in [0.29, 0.717) is 6.04 Å². The first-order valence-electron chi connectivity index (χ1n) is 11.0. The molecule has 1 aromatic rings. The largest absolute Gasteiger partial charge is 0.336 e. The van der Waals surface area contributed by atoms with Crippen LogP contribution in [0.2, 0.25) is 0 Å². The Kier molecular flexibility index (Phi) is 7.36. The number of likely N-dealkylation sites (tertiary alicyclic amines) is 1. The van der Waals surface area contributed by atoms with Crippen molar-refractivity contribution < 1.29 is 4.79 Å². The van der Waals surface area contributed by atoms with Gasteiger partial charge in [0.25, 0.3) is 0 Å². The first-order valence-corrected chi connectivity index (χ1v) is 11.0. The molecule has 156 valence electrons. The molecule has 2 heterocycles. The second-order valence-corrected chi connectivity index (χ2v) is 9.29. The Morgan fingerprint density at radius 2 is 1.79 bits per heavy atom. The van der Waals surface area contributed by atoms with Gasteiger partial charge >= 0.3 is 6.03 Å². The summed E-state index contributed by atoms with van der Waals surface area (Å²) >= 11 is 0. The van der Waals surface area contributed by atoms with E-state index in [9.17, 15) is 4.79 Å². The molecular formula is C23H38N4O. The third-order valence-corrected chi connectivity index (χ3v) is 6.20. The monoisotopic (exact) mass is 386 g/mol. The van der Waals surface area contributed by atoms with Crippen molar-refractivity contribution in [2.75, 3.05) is 39.3 Å². The minimum atomic E-state index is 0.112. The fourth-order valence-corrected chi connectivity index (χ4v) is 4.43. The lowest BCUT2D eigenvalue weighted by Crippen LogP contribution is -2.50. The summed E-state index contributed by atoms with van der Waals surface area (Å²) in [6, 6.07) is 11.2. The van der Waals surface area contributed by atoms with Crippen molar-refractivity contribution in [3.63, 3.8) is 0 Å². The van der Waals surface area contributed by atoms with Gasteiger partial charge in [-0.3, -0.25) is 9.80 Å². The van der Waals surface area contributed by atoms with Crippen LogP contribution >= 0.6 is 0 Å². The van der Waals surface area contributed by atoms with Crippen LogP contribution in [0.3, 0.4) is 0 Å². The summed E-state index contributed by atoms with van der Waals surface area (Å²) in [5.74, 6) is 0. The molecule has 0 saturated carbocycles. The zero-order valence-corrected chi connectivity index (χ0v) is 18.0. The highest BCUT2D eigenvalue weighted by molar-refractivity contribution is 5.74. The van der Waals surface area contributed by atoms with Crippen LogP contribution in [-0.4, -0.2) is 71.6 Å². The molecule has 0 spiro atoms. The number of hydrogen-bond acceptors (Lipinski definition) is 3. The zero-order chi connectivity index (χ0) is 20.0. The highest BCUT2D eigenvalue weighted by atomic mass is 16.2. The molecule has 2 fully saturated rings. The predicted octanol–water partition coefficient (Wildman–Crippen LogP) is 3.56. The van der Waals surface area contributed by atoms with Crippen molar-refractivity contribution in [2.24, 2.45) is 0 Å². The Labute approximate surface area is 171 Å². The van der Waals surface area contributed by atoms with E-state index in [2.05, 4.69) is 66.2 Å². The van der Waals surface area contributed by atoms with Gasteiger partial charge in [0.1, 0.15) is 0 Å². The zero-order valence-electron chi connectivity index (χ0n) is 18.0. The van der Waals surface area contributed by atoms with Gasteiger partial charge in [0.2, 0.25) is 0 Å². The van der Waals surface area contributed by atoms with Crippen LogP contribution in [0.25, 0.3) is 0 Å². The van der Waals surface area contributed by atoms with Gasteiger partial charge in [-0.15, -0.1) is 0 Å². The van der Waals surface area contributed by atoms with Crippen LogP contribution in [0.15, 0.2) is 30.3 Å². The molecular weight excluding hydrogens is 348 g/mol. The lowest BCUT2D eigenvalue weighted by atomic mass is 10.0. The molecule has 2 saturated heterocycles. The minimum absolute atomic E-state index is 0.112. The summed E-state index contributed by atoms with van der Waals surface area (Å²) in [4.78, 5) is 19.8. The SMILES string of the molecule is CC(C)(C)N1CCCN(C(=O)NCC2CCCCN2Cc2ccccc2)CC1. The summed E-state index contributed by atoms with van der Waals surface area (Å²) in [6.45, 7) is 13.3. The van der Waals surface area contributed by atoms with Crippen molar-refractivity contribution in [3.8, 4) is 0 Å². The Balaban J connectivity index is 1.49. The first kappa shape index (κ1) is 21.1. The van der Waals surface area contributed by atoms with E-state index in [0.717, 1.165) is 52.2 Å². The van der Waals surface area contributed by atoms with E-state index in [1.165, 1.54) is 24.8 Å². The number of nitrogens with zero attached hydrogens (tertiary/aromatic N) is 3. The molecule has 28 heavy (non-hydrogen) atoms. The molecule has 5 heteroatoms. The van der Waals surface area contributed by atoms with E-state index in [-0.39, 0.29) is 11.6 Å². The molecule has 5 nitrogen and oxygen atoms in total. The molecule has 0 aliphatic carbocycles. The number of nitrogens with one attached hydrogen (secondary N) is 1. The highest BCUT2D eigenvalue weighted by Crippen LogP contribution is 2.20. The standard InChI is InChI=1S/C23H38N4O/c1-23(2,3)27-15-9-14-25(16-17-27)22(28)24-18-21-12-7-8-13-26(21)19-20-10-5-4-6-11-20/h4-6,10-11,21H,7-9,12-19H2,1-3H3,(H,24,28). The number of amides is 2. The van der Waals surface area contributed by atoms with E-state index >= 15 is 0 Å². The molecule has 1 atom stereocenters. The van der Waals surface area contributed by atoms with Gasteiger partial charge in [-0.25, -0.2) is 4.79 Å². The molecule has 2 aliphatic rings. The lowest BCUT2D eigenvalue weighted by molar-refractivity contribution is 0.131. The summed E-state index contributed by atoms with van der Waals surface area (Å²) in [5, 5.41) is 3.25. The van der Waals surface area contributed by atoms with Crippen LogP contribution in [0.5, 0.6) is 0 Å². The van der Waals surface area contributed by atoms with Gasteiger partial charge in [0, 0.05) is 50.8 Å². The van der Waals surface area contributed by atoms with E-state index < -0.39 is 0 Å². The van der Waals surface area contributed by atoms with Gasteiger partial charge in [-0.05, 0) is 52.1 Å². The number of carbonyl (C=O) groups is 1. The van der Waals surface area contributed by atoms with Gasteiger partial charge in [-0.2, -0.15) is 0 Å². The second kappa shape index (κ2) is 9.75. The third-order valence-electron chi connectivity index (χ3n) is 6.20. The predicted molar refractivity (Wildman–Crippen MR) is 115 cm³/mol. The maximum absolute atomic E-state index is 12.8. The number of urea groups is 1. The van der Waals surface area contributed by atoms with Gasteiger partial charge < -0.3 is 10.2 Å². The molecule has 3 rings (SSSR count). The quantitative estimate of drug-likeness (QED) is 0.860. The maximum Gasteiger partial charge on any atom is 0.317 e. The van der Waals surface area contributed by atoms with Crippen molar-refractivity contribution in [3.05, 3.63) is 35.9 Å². The second-order valence-electron chi connectivity index (χ2n) is 9.29. The molecule has 0 bridgehead atoms. The first-order chi connectivity index (χ1) is 13.4. The van der Waals surface area contributed by atoms with E-state index in [1.807, 2.05) is 4.90 Å². The number of piperidine rings is 1. The summed E-state index contributed by atoms with van der Waals surface area (Å²) in [5.41, 5.74) is 1.53. The molecule has 1 N–H and O–H groups in total. The molecule has 1 unspecified atom stereocenters. The minimum Gasteiger partial charge on any atom is -0.336 e.